The molecule has 3 amide bonds. The standard InChI is InChI=1S/C23H30N2O6Si/c1-23(2,3)32(6,7)25-17(12-14(30-4)13-18(26)31-5)19(22(25)29)24-20(27)15-10-8-9-11-16(15)21(24)28/h8-11,13,17,19H,12H2,1-7H3/t17-,19-/m1/s1. The van der Waals surface area contributed by atoms with Gasteiger partial charge in [-0.15, -0.1) is 0 Å². The normalized spacial score (nSPS) is 21.5. The summed E-state index contributed by atoms with van der Waals surface area (Å²) in [6, 6.07) is 5.12. The predicted octanol–water partition coefficient (Wildman–Crippen LogP) is 2.96. The summed E-state index contributed by atoms with van der Waals surface area (Å²) >= 11 is 0. The number of carbonyl (C=O) groups is 4. The first-order chi connectivity index (χ1) is 14.9. The van der Waals surface area contributed by atoms with Gasteiger partial charge < -0.3 is 14.0 Å². The van der Waals surface area contributed by atoms with Gasteiger partial charge in [-0.05, 0) is 17.2 Å². The molecule has 0 unspecified atom stereocenters. The lowest BCUT2D eigenvalue weighted by atomic mass is 9.92. The summed E-state index contributed by atoms with van der Waals surface area (Å²) in [6.45, 7) is 10.4. The van der Waals surface area contributed by atoms with Gasteiger partial charge in [0.2, 0.25) is 5.91 Å². The first kappa shape index (κ1) is 23.7. The number of methoxy groups -OCH3 is 2. The highest BCUT2D eigenvalue weighted by atomic mass is 28.3. The molecule has 1 aromatic carbocycles. The van der Waals surface area contributed by atoms with E-state index in [1.54, 1.807) is 24.3 Å². The van der Waals surface area contributed by atoms with E-state index >= 15 is 0 Å². The number of esters is 1. The van der Waals surface area contributed by atoms with Crippen LogP contribution in [-0.2, 0) is 19.1 Å². The second-order valence-electron chi connectivity index (χ2n) is 9.60. The third-order valence-corrected chi connectivity index (χ3v) is 12.3. The van der Waals surface area contributed by atoms with Crippen LogP contribution in [0.2, 0.25) is 18.1 Å². The van der Waals surface area contributed by atoms with Gasteiger partial charge in [0.25, 0.3) is 11.8 Å². The molecule has 8 nitrogen and oxygen atoms in total. The quantitative estimate of drug-likeness (QED) is 0.162. The van der Waals surface area contributed by atoms with Gasteiger partial charge in [0.05, 0.1) is 37.5 Å². The van der Waals surface area contributed by atoms with Crippen molar-refractivity contribution in [2.45, 2.75) is 57.4 Å². The number of benzene rings is 1. The van der Waals surface area contributed by atoms with Crippen molar-refractivity contribution >= 4 is 31.9 Å². The predicted molar refractivity (Wildman–Crippen MR) is 120 cm³/mol. The number of ether oxygens (including phenoxy) is 2. The Morgan fingerprint density at radius 3 is 2.00 bits per heavy atom. The van der Waals surface area contributed by atoms with E-state index in [4.69, 9.17) is 9.47 Å². The highest BCUT2D eigenvalue weighted by Gasteiger charge is 2.62. The number of fused-ring (bicyclic) bond motifs is 1. The van der Waals surface area contributed by atoms with E-state index in [1.165, 1.54) is 20.3 Å². The summed E-state index contributed by atoms with van der Waals surface area (Å²) in [5.74, 6) is -1.45. The molecule has 32 heavy (non-hydrogen) atoms. The molecule has 0 aromatic heterocycles. The zero-order valence-electron chi connectivity index (χ0n) is 19.6. The zero-order valence-corrected chi connectivity index (χ0v) is 20.6. The lowest BCUT2D eigenvalue weighted by molar-refractivity contribution is -0.147. The van der Waals surface area contributed by atoms with Crippen LogP contribution in [0.4, 0.5) is 0 Å². The Kier molecular flexibility index (Phi) is 6.07. The van der Waals surface area contributed by atoms with Crippen LogP contribution in [0.5, 0.6) is 0 Å². The zero-order chi connectivity index (χ0) is 24.0. The molecule has 0 aliphatic carbocycles. The fourth-order valence-electron chi connectivity index (χ4n) is 4.12. The molecule has 9 heteroatoms. The number of amides is 3. The molecule has 3 rings (SSSR count). The van der Waals surface area contributed by atoms with Gasteiger partial charge in [0.1, 0.15) is 11.8 Å². The Hall–Kier alpha value is -2.94. The van der Waals surface area contributed by atoms with E-state index in [1.807, 2.05) is 4.57 Å². The van der Waals surface area contributed by atoms with Gasteiger partial charge in [0.15, 0.2) is 8.24 Å². The molecule has 0 N–H and O–H groups in total. The van der Waals surface area contributed by atoms with Crippen LogP contribution in [0.15, 0.2) is 36.1 Å². The number of hydrogen-bond donors (Lipinski definition) is 0. The van der Waals surface area contributed by atoms with Crippen LogP contribution in [0.3, 0.4) is 0 Å². The average molecular weight is 459 g/mol. The van der Waals surface area contributed by atoms with Crippen LogP contribution in [0.1, 0.15) is 47.9 Å². The van der Waals surface area contributed by atoms with E-state index < -0.39 is 38.1 Å². The van der Waals surface area contributed by atoms with E-state index in [0.29, 0.717) is 16.9 Å². The van der Waals surface area contributed by atoms with Crippen LogP contribution in [-0.4, -0.2) is 67.7 Å². The van der Waals surface area contributed by atoms with Gasteiger partial charge >= 0.3 is 5.97 Å². The molecule has 1 aromatic rings. The number of carbonyl (C=O) groups excluding carboxylic acids is 4. The Bertz CT molecular complexity index is 975. The molecule has 2 aliphatic rings. The van der Waals surface area contributed by atoms with E-state index in [2.05, 4.69) is 33.9 Å². The van der Waals surface area contributed by atoms with Crippen LogP contribution in [0.25, 0.3) is 0 Å². The Morgan fingerprint density at radius 2 is 1.56 bits per heavy atom. The molecule has 172 valence electrons. The molecule has 0 saturated carbocycles. The highest BCUT2D eigenvalue weighted by molar-refractivity contribution is 6.80. The summed E-state index contributed by atoms with van der Waals surface area (Å²) in [5.41, 5.74) is 0.596. The first-order valence-corrected chi connectivity index (χ1v) is 13.4. The molecular formula is C23H30N2O6Si. The topological polar surface area (TPSA) is 93.2 Å². The Balaban J connectivity index is 2.03. The molecule has 0 spiro atoms. The molecule has 2 atom stereocenters. The van der Waals surface area contributed by atoms with Crippen LogP contribution >= 0.6 is 0 Å². The average Bonchev–Trinajstić information content (AvgIpc) is 2.97. The van der Waals surface area contributed by atoms with Crippen LogP contribution < -0.4 is 0 Å². The van der Waals surface area contributed by atoms with Crippen molar-refractivity contribution < 1.29 is 28.7 Å². The van der Waals surface area contributed by atoms with Gasteiger partial charge in [-0.1, -0.05) is 46.0 Å². The summed E-state index contributed by atoms with van der Waals surface area (Å²) in [6.07, 6.45) is 1.41. The van der Waals surface area contributed by atoms with Crippen molar-refractivity contribution in [1.82, 2.24) is 9.47 Å². The number of hydrogen-bond acceptors (Lipinski definition) is 6. The maximum absolute atomic E-state index is 13.5. The van der Waals surface area contributed by atoms with Crippen molar-refractivity contribution in [3.63, 3.8) is 0 Å². The smallest absolute Gasteiger partial charge is 0.333 e. The fourth-order valence-corrected chi connectivity index (χ4v) is 6.59. The van der Waals surface area contributed by atoms with E-state index in [0.717, 1.165) is 4.90 Å². The minimum atomic E-state index is -2.36. The summed E-state index contributed by atoms with van der Waals surface area (Å²) in [4.78, 5) is 52.6. The molecule has 2 aliphatic heterocycles. The largest absolute Gasteiger partial charge is 0.501 e. The number of nitrogens with zero attached hydrogens (tertiary/aromatic N) is 2. The Labute approximate surface area is 189 Å². The summed E-state index contributed by atoms with van der Waals surface area (Å²) in [7, 11) is 0.343. The summed E-state index contributed by atoms with van der Waals surface area (Å²) in [5, 5.41) is -0.160. The molecule has 0 radical (unpaired) electrons. The van der Waals surface area contributed by atoms with Crippen molar-refractivity contribution in [3.8, 4) is 0 Å². The minimum absolute atomic E-state index is 0.160. The van der Waals surface area contributed by atoms with E-state index in [-0.39, 0.29) is 17.4 Å². The second kappa shape index (κ2) is 8.20. The molecular weight excluding hydrogens is 428 g/mol. The number of β-lactam (4-membered cyclic amide) rings is 1. The SMILES string of the molecule is COC(=O)C=C(C[C@@H]1[C@@H](N2C(=O)c3ccccc3C2=O)C(=O)N1[Si](C)(C)C(C)(C)C)OC. The van der Waals surface area contributed by atoms with Crippen molar-refractivity contribution in [3.05, 3.63) is 47.2 Å². The third-order valence-electron chi connectivity index (χ3n) is 6.88. The molecule has 0 bridgehead atoms. The maximum Gasteiger partial charge on any atom is 0.333 e. The van der Waals surface area contributed by atoms with Gasteiger partial charge in [-0.2, -0.15) is 0 Å². The Morgan fingerprint density at radius 1 is 1.03 bits per heavy atom. The van der Waals surface area contributed by atoms with Gasteiger partial charge in [-0.25, -0.2) is 4.79 Å². The van der Waals surface area contributed by atoms with Crippen molar-refractivity contribution in [2.24, 2.45) is 0 Å². The monoisotopic (exact) mass is 458 g/mol. The lowest BCUT2D eigenvalue weighted by Gasteiger charge is -2.59. The van der Waals surface area contributed by atoms with Gasteiger partial charge in [0, 0.05) is 6.42 Å². The second-order valence-corrected chi connectivity index (χ2v) is 14.7. The van der Waals surface area contributed by atoms with Crippen molar-refractivity contribution in [2.75, 3.05) is 14.2 Å². The van der Waals surface area contributed by atoms with Crippen molar-refractivity contribution in [1.29, 1.82) is 0 Å². The molecule has 2 heterocycles. The minimum Gasteiger partial charge on any atom is -0.501 e. The molecule has 1 saturated heterocycles. The third kappa shape index (κ3) is 3.64. The van der Waals surface area contributed by atoms with Gasteiger partial charge in [-0.3, -0.25) is 19.3 Å². The number of rotatable bonds is 6. The molecule has 1 fully saturated rings. The van der Waals surface area contributed by atoms with E-state index in [9.17, 15) is 19.2 Å². The number of imide groups is 1. The lowest BCUT2D eigenvalue weighted by Crippen LogP contribution is -2.79. The highest BCUT2D eigenvalue weighted by Crippen LogP contribution is 2.46. The fraction of sp³-hybridized carbons (Fsp3) is 0.478. The first-order valence-electron chi connectivity index (χ1n) is 10.5. The van der Waals surface area contributed by atoms with Crippen LogP contribution in [0, 0.1) is 0 Å². The maximum atomic E-state index is 13.5. The summed E-state index contributed by atoms with van der Waals surface area (Å²) < 4.78 is 11.9.